The fraction of sp³-hybridized carbons (Fsp3) is 0.682. The molecule has 1 atom stereocenters. The molecule has 1 aliphatic heterocycles. The molecule has 0 saturated carbocycles. The quantitative estimate of drug-likeness (QED) is 0.528. The summed E-state index contributed by atoms with van der Waals surface area (Å²) in [5.74, 6) is 1.46. The van der Waals surface area contributed by atoms with Crippen molar-refractivity contribution in [3.63, 3.8) is 0 Å². The number of ether oxygens (including phenoxy) is 1. The van der Waals surface area contributed by atoms with E-state index < -0.39 is 0 Å². The third kappa shape index (κ3) is 6.67. The third-order valence-corrected chi connectivity index (χ3v) is 5.36. The van der Waals surface area contributed by atoms with Crippen LogP contribution >= 0.6 is 0 Å². The highest BCUT2D eigenvalue weighted by molar-refractivity contribution is 5.79. The molecule has 2 N–H and O–H groups in total. The third-order valence-electron chi connectivity index (χ3n) is 5.36. The van der Waals surface area contributed by atoms with Crippen LogP contribution in [0.25, 0.3) is 0 Å². The SMILES string of the molecule is CCNC(=NCc1ccc(N(C)C)cc1C)NCC(C(C)C)N1CCOCC1. The molecule has 1 aliphatic rings. The fourth-order valence-electron chi connectivity index (χ4n) is 3.54. The van der Waals surface area contributed by atoms with Gasteiger partial charge in [0.25, 0.3) is 0 Å². The number of aliphatic imine (C=N–C) groups is 1. The predicted molar refractivity (Wildman–Crippen MR) is 119 cm³/mol. The smallest absolute Gasteiger partial charge is 0.191 e. The Bertz CT molecular complexity index is 623. The number of hydrogen-bond donors (Lipinski definition) is 2. The number of guanidine groups is 1. The van der Waals surface area contributed by atoms with Crippen LogP contribution in [0.1, 0.15) is 31.9 Å². The van der Waals surface area contributed by atoms with Crippen molar-refractivity contribution in [2.75, 3.05) is 58.4 Å². The zero-order chi connectivity index (χ0) is 20.5. The van der Waals surface area contributed by atoms with Gasteiger partial charge in [0.2, 0.25) is 0 Å². The van der Waals surface area contributed by atoms with E-state index in [-0.39, 0.29) is 0 Å². The van der Waals surface area contributed by atoms with Gasteiger partial charge in [0.15, 0.2) is 5.96 Å². The van der Waals surface area contributed by atoms with E-state index in [2.05, 4.69) is 80.4 Å². The number of anilines is 1. The molecule has 0 bridgehead atoms. The van der Waals surface area contributed by atoms with E-state index >= 15 is 0 Å². The first-order chi connectivity index (χ1) is 13.4. The number of morpholine rings is 1. The number of nitrogens with zero attached hydrogens (tertiary/aromatic N) is 3. The van der Waals surface area contributed by atoms with Crippen molar-refractivity contribution in [2.45, 2.75) is 40.3 Å². The van der Waals surface area contributed by atoms with Gasteiger partial charge in [0.1, 0.15) is 0 Å². The van der Waals surface area contributed by atoms with Crippen LogP contribution in [-0.2, 0) is 11.3 Å². The van der Waals surface area contributed by atoms with E-state index in [0.717, 1.165) is 45.4 Å². The van der Waals surface area contributed by atoms with E-state index in [1.807, 2.05) is 0 Å². The Morgan fingerprint density at radius 2 is 1.93 bits per heavy atom. The van der Waals surface area contributed by atoms with E-state index in [1.54, 1.807) is 0 Å². The topological polar surface area (TPSA) is 52.1 Å². The lowest BCUT2D eigenvalue weighted by molar-refractivity contribution is 0.00752. The highest BCUT2D eigenvalue weighted by Crippen LogP contribution is 2.18. The molecule has 0 aromatic heterocycles. The summed E-state index contributed by atoms with van der Waals surface area (Å²) in [6.45, 7) is 15.0. The largest absolute Gasteiger partial charge is 0.379 e. The average molecular weight is 390 g/mol. The first-order valence-corrected chi connectivity index (χ1v) is 10.5. The second-order valence-corrected chi connectivity index (χ2v) is 8.04. The molecule has 0 aliphatic carbocycles. The molecule has 28 heavy (non-hydrogen) atoms. The van der Waals surface area contributed by atoms with Gasteiger partial charge in [0.05, 0.1) is 19.8 Å². The molecule has 1 aromatic rings. The molecule has 6 heteroatoms. The average Bonchev–Trinajstić information content (AvgIpc) is 2.67. The van der Waals surface area contributed by atoms with Gasteiger partial charge in [-0.1, -0.05) is 19.9 Å². The van der Waals surface area contributed by atoms with Gasteiger partial charge in [-0.15, -0.1) is 0 Å². The van der Waals surface area contributed by atoms with Crippen LogP contribution in [0.5, 0.6) is 0 Å². The van der Waals surface area contributed by atoms with Gasteiger partial charge in [-0.05, 0) is 43.0 Å². The van der Waals surface area contributed by atoms with Gasteiger partial charge in [-0.3, -0.25) is 4.90 Å². The molecule has 0 amide bonds. The maximum Gasteiger partial charge on any atom is 0.191 e. The molecule has 0 radical (unpaired) electrons. The number of hydrogen-bond acceptors (Lipinski definition) is 4. The first-order valence-electron chi connectivity index (χ1n) is 10.5. The van der Waals surface area contributed by atoms with Crippen molar-refractivity contribution < 1.29 is 4.74 Å². The van der Waals surface area contributed by atoms with Gasteiger partial charge < -0.3 is 20.3 Å². The predicted octanol–water partition coefficient (Wildman–Crippen LogP) is 2.47. The minimum atomic E-state index is 0.480. The highest BCUT2D eigenvalue weighted by Gasteiger charge is 2.23. The van der Waals surface area contributed by atoms with Crippen molar-refractivity contribution in [1.82, 2.24) is 15.5 Å². The lowest BCUT2D eigenvalue weighted by Gasteiger charge is -2.37. The summed E-state index contributed by atoms with van der Waals surface area (Å²) >= 11 is 0. The zero-order valence-electron chi connectivity index (χ0n) is 18.6. The van der Waals surface area contributed by atoms with Gasteiger partial charge in [0, 0.05) is 52.0 Å². The molecule has 1 fully saturated rings. The second kappa shape index (κ2) is 11.3. The summed E-state index contributed by atoms with van der Waals surface area (Å²) in [5.41, 5.74) is 3.76. The Kier molecular flexibility index (Phi) is 9.06. The van der Waals surface area contributed by atoms with Crippen LogP contribution in [0, 0.1) is 12.8 Å². The normalized spacial score (nSPS) is 16.9. The van der Waals surface area contributed by atoms with Gasteiger partial charge in [-0.2, -0.15) is 0 Å². The van der Waals surface area contributed by atoms with Crippen LogP contribution < -0.4 is 15.5 Å². The number of rotatable bonds is 8. The summed E-state index contributed by atoms with van der Waals surface area (Å²) in [7, 11) is 4.14. The summed E-state index contributed by atoms with van der Waals surface area (Å²) in [6.07, 6.45) is 0. The molecule has 1 unspecified atom stereocenters. The van der Waals surface area contributed by atoms with Gasteiger partial charge in [-0.25, -0.2) is 4.99 Å². The van der Waals surface area contributed by atoms with Gasteiger partial charge >= 0.3 is 0 Å². The molecule has 2 rings (SSSR count). The van der Waals surface area contributed by atoms with Crippen molar-refractivity contribution >= 4 is 11.6 Å². The van der Waals surface area contributed by atoms with E-state index in [0.29, 0.717) is 18.5 Å². The fourth-order valence-corrected chi connectivity index (χ4v) is 3.54. The van der Waals surface area contributed by atoms with Crippen LogP contribution in [-0.4, -0.2) is 70.4 Å². The molecule has 6 nitrogen and oxygen atoms in total. The minimum absolute atomic E-state index is 0.480. The van der Waals surface area contributed by atoms with Crippen molar-refractivity contribution in [3.05, 3.63) is 29.3 Å². The van der Waals surface area contributed by atoms with Crippen molar-refractivity contribution in [3.8, 4) is 0 Å². The van der Waals surface area contributed by atoms with Crippen molar-refractivity contribution in [1.29, 1.82) is 0 Å². The molecular weight excluding hydrogens is 350 g/mol. The number of benzene rings is 1. The summed E-state index contributed by atoms with van der Waals surface area (Å²) in [6, 6.07) is 7.04. The number of nitrogens with one attached hydrogen (secondary N) is 2. The van der Waals surface area contributed by atoms with Crippen LogP contribution in [0.2, 0.25) is 0 Å². The number of aryl methyl sites for hydroxylation is 1. The van der Waals surface area contributed by atoms with Crippen molar-refractivity contribution in [2.24, 2.45) is 10.9 Å². The molecular formula is C22H39N5O. The highest BCUT2D eigenvalue weighted by atomic mass is 16.5. The Morgan fingerprint density at radius 1 is 1.21 bits per heavy atom. The Balaban J connectivity index is 2.01. The molecule has 0 spiro atoms. The Hall–Kier alpha value is -1.79. The van der Waals surface area contributed by atoms with Crippen LogP contribution in [0.3, 0.4) is 0 Å². The summed E-state index contributed by atoms with van der Waals surface area (Å²) < 4.78 is 5.51. The van der Waals surface area contributed by atoms with Crippen LogP contribution in [0.4, 0.5) is 5.69 Å². The monoisotopic (exact) mass is 389 g/mol. The molecule has 1 aromatic carbocycles. The minimum Gasteiger partial charge on any atom is -0.379 e. The van der Waals surface area contributed by atoms with Crippen LogP contribution in [0.15, 0.2) is 23.2 Å². The summed E-state index contributed by atoms with van der Waals surface area (Å²) in [5, 5.41) is 6.95. The Labute approximate surface area is 171 Å². The summed E-state index contributed by atoms with van der Waals surface area (Å²) in [4.78, 5) is 9.50. The molecule has 1 saturated heterocycles. The maximum atomic E-state index is 5.51. The standard InChI is InChI=1S/C22H39N5O/c1-7-23-22(24-15-19-8-9-20(26(5)6)14-18(19)4)25-16-21(17(2)3)27-10-12-28-13-11-27/h8-9,14,17,21H,7,10-13,15-16H2,1-6H3,(H2,23,24,25). The zero-order valence-corrected chi connectivity index (χ0v) is 18.6. The lowest BCUT2D eigenvalue weighted by Crippen LogP contribution is -2.52. The van der Waals surface area contributed by atoms with E-state index in [4.69, 9.17) is 9.73 Å². The second-order valence-electron chi connectivity index (χ2n) is 8.04. The molecule has 1 heterocycles. The maximum absolute atomic E-state index is 5.51. The Morgan fingerprint density at radius 3 is 2.50 bits per heavy atom. The van der Waals surface area contributed by atoms with E-state index in [1.165, 1.54) is 16.8 Å². The first kappa shape index (κ1) is 22.5. The lowest BCUT2D eigenvalue weighted by atomic mass is 10.0. The molecule has 158 valence electrons. The van der Waals surface area contributed by atoms with E-state index in [9.17, 15) is 0 Å².